The van der Waals surface area contributed by atoms with Gasteiger partial charge in [0, 0.05) is 18.3 Å². The van der Waals surface area contributed by atoms with Crippen LogP contribution in [0.15, 0.2) is 24.7 Å². The van der Waals surface area contributed by atoms with Crippen LogP contribution < -0.4 is 10.6 Å². The van der Waals surface area contributed by atoms with Crippen molar-refractivity contribution in [1.29, 1.82) is 0 Å². The fourth-order valence-corrected chi connectivity index (χ4v) is 4.12. The Kier molecular flexibility index (Phi) is 6.31. The second kappa shape index (κ2) is 9.15. The number of rotatable bonds is 7. The van der Waals surface area contributed by atoms with E-state index in [1.54, 1.807) is 6.92 Å². The summed E-state index contributed by atoms with van der Waals surface area (Å²) in [4.78, 5) is 22.8. The molecule has 0 aromatic carbocycles. The molecule has 10 heteroatoms. The number of ether oxygens (including phenoxy) is 1. The minimum absolute atomic E-state index is 0.0148. The van der Waals surface area contributed by atoms with Crippen molar-refractivity contribution in [2.75, 3.05) is 18.1 Å². The fraction of sp³-hybridized carbons (Fsp3) is 0.455. The molecule has 2 N–H and O–H groups in total. The summed E-state index contributed by atoms with van der Waals surface area (Å²) < 4.78 is 35.5. The molecule has 1 fully saturated rings. The Balaban J connectivity index is 1.74. The number of aromatic nitrogens is 4. The van der Waals surface area contributed by atoms with Crippen LogP contribution in [0.4, 0.5) is 14.6 Å². The zero-order chi connectivity index (χ0) is 22.8. The zero-order valence-corrected chi connectivity index (χ0v) is 18.1. The molecule has 170 valence electrons. The molecule has 2 atom stereocenters. The predicted octanol–water partition coefficient (Wildman–Crippen LogP) is 3.20. The molecule has 1 aliphatic rings. The van der Waals surface area contributed by atoms with Gasteiger partial charge >= 0.3 is 5.97 Å². The molecule has 8 nitrogen and oxygen atoms in total. The lowest BCUT2D eigenvalue weighted by Crippen LogP contribution is -2.27. The second-order valence-electron chi connectivity index (χ2n) is 8.02. The highest BCUT2D eigenvalue weighted by Crippen LogP contribution is 2.38. The van der Waals surface area contributed by atoms with E-state index in [1.165, 1.54) is 29.2 Å². The number of hydrogen-bond acceptors (Lipinski definition) is 7. The summed E-state index contributed by atoms with van der Waals surface area (Å²) in [6.07, 6.45) is 6.49. The third kappa shape index (κ3) is 4.27. The van der Waals surface area contributed by atoms with Crippen LogP contribution >= 0.6 is 0 Å². The number of fused-ring (bicyclic) bond motifs is 1. The van der Waals surface area contributed by atoms with Gasteiger partial charge in [0.25, 0.3) is 0 Å². The molecule has 3 aromatic rings. The predicted molar refractivity (Wildman–Crippen MR) is 114 cm³/mol. The highest BCUT2D eigenvalue weighted by atomic mass is 19.1. The zero-order valence-electron chi connectivity index (χ0n) is 18.1. The van der Waals surface area contributed by atoms with Crippen molar-refractivity contribution in [3.63, 3.8) is 0 Å². The highest BCUT2D eigenvalue weighted by Gasteiger charge is 2.32. The lowest BCUT2D eigenvalue weighted by molar-refractivity contribution is 0.0528. The van der Waals surface area contributed by atoms with Crippen LogP contribution in [-0.2, 0) is 11.2 Å². The van der Waals surface area contributed by atoms with E-state index in [0.717, 1.165) is 12.1 Å². The molecule has 0 bridgehead atoms. The first-order valence-electron chi connectivity index (χ1n) is 10.8. The Labute approximate surface area is 184 Å². The fourth-order valence-electron chi connectivity index (χ4n) is 4.12. The van der Waals surface area contributed by atoms with E-state index in [-0.39, 0.29) is 35.7 Å². The number of carbonyl (C=O) groups excluding carboxylic acids is 1. The number of carbonyl (C=O) groups is 1. The van der Waals surface area contributed by atoms with Gasteiger partial charge < -0.3 is 15.4 Å². The first kappa shape index (κ1) is 22.1. The lowest BCUT2D eigenvalue weighted by atomic mass is 9.98. The average molecular weight is 444 g/mol. The summed E-state index contributed by atoms with van der Waals surface area (Å²) >= 11 is 0. The van der Waals surface area contributed by atoms with Crippen molar-refractivity contribution in [3.8, 4) is 0 Å². The number of pyridine rings is 1. The maximum Gasteiger partial charge on any atom is 0.343 e. The van der Waals surface area contributed by atoms with E-state index in [4.69, 9.17) is 10.5 Å². The molecule has 0 aliphatic carbocycles. The molecule has 0 amide bonds. The van der Waals surface area contributed by atoms with Crippen molar-refractivity contribution in [3.05, 3.63) is 53.1 Å². The summed E-state index contributed by atoms with van der Waals surface area (Å²) in [5, 5.41) is 4.02. The molecule has 4 heterocycles. The van der Waals surface area contributed by atoms with E-state index >= 15 is 4.39 Å². The number of halogens is 2. The van der Waals surface area contributed by atoms with Gasteiger partial charge in [0.2, 0.25) is 0 Å². The van der Waals surface area contributed by atoms with Gasteiger partial charge in [0.15, 0.2) is 17.3 Å². The van der Waals surface area contributed by atoms with Gasteiger partial charge in [0.05, 0.1) is 31.2 Å². The standard InChI is InChI=1S/C22H26F2N6O2/c1-3-32-22(31)16-11-27-30-12-17(24)21(28-20(16)30)29-8-4-5-19(29)15-9-14(23)10-26-18(15)7-6-13(2)25/h9-13,19H,3-8,25H2,1-2H3/t13-,19-/m1/s1. The molecule has 0 spiro atoms. The molecular weight excluding hydrogens is 418 g/mol. The van der Waals surface area contributed by atoms with E-state index in [1.807, 2.05) is 11.8 Å². The molecule has 0 unspecified atom stereocenters. The van der Waals surface area contributed by atoms with Crippen molar-refractivity contribution in [1.82, 2.24) is 19.6 Å². The number of anilines is 1. The Morgan fingerprint density at radius 1 is 1.38 bits per heavy atom. The van der Waals surface area contributed by atoms with Gasteiger partial charge in [-0.25, -0.2) is 23.1 Å². The monoisotopic (exact) mass is 444 g/mol. The van der Waals surface area contributed by atoms with Gasteiger partial charge in [-0.1, -0.05) is 0 Å². The number of hydrogen-bond donors (Lipinski definition) is 1. The molecule has 1 aliphatic heterocycles. The quantitative estimate of drug-likeness (QED) is 0.559. The summed E-state index contributed by atoms with van der Waals surface area (Å²) in [7, 11) is 0. The third-order valence-electron chi connectivity index (χ3n) is 5.62. The second-order valence-corrected chi connectivity index (χ2v) is 8.02. The van der Waals surface area contributed by atoms with Gasteiger partial charge in [0.1, 0.15) is 11.4 Å². The van der Waals surface area contributed by atoms with Crippen LogP contribution in [0.5, 0.6) is 0 Å². The van der Waals surface area contributed by atoms with E-state index < -0.39 is 17.6 Å². The molecule has 1 saturated heterocycles. The molecule has 0 radical (unpaired) electrons. The molecular formula is C22H26F2N6O2. The smallest absolute Gasteiger partial charge is 0.343 e. The molecule has 0 saturated carbocycles. The van der Waals surface area contributed by atoms with Crippen molar-refractivity contribution in [2.45, 2.75) is 51.6 Å². The normalized spacial score (nSPS) is 17.2. The first-order chi connectivity index (χ1) is 15.4. The van der Waals surface area contributed by atoms with Crippen LogP contribution in [0.1, 0.15) is 60.8 Å². The van der Waals surface area contributed by atoms with Gasteiger partial charge in [-0.2, -0.15) is 5.10 Å². The summed E-state index contributed by atoms with van der Waals surface area (Å²) in [6.45, 7) is 4.35. The number of nitrogens with two attached hydrogens (primary N) is 1. The Bertz CT molecular complexity index is 1130. The minimum atomic E-state index is -0.579. The van der Waals surface area contributed by atoms with Gasteiger partial charge in [-0.15, -0.1) is 0 Å². The Morgan fingerprint density at radius 2 is 2.19 bits per heavy atom. The minimum Gasteiger partial charge on any atom is -0.462 e. The Hall–Kier alpha value is -3.14. The summed E-state index contributed by atoms with van der Waals surface area (Å²) in [5.74, 6) is -1.50. The van der Waals surface area contributed by atoms with E-state index in [9.17, 15) is 9.18 Å². The SMILES string of the molecule is CCOC(=O)c1cnn2cc(F)c(N3CCC[C@@H]3c3cc(F)cnc3CC[C@@H](C)N)nc12. The van der Waals surface area contributed by atoms with Crippen LogP contribution in [0.2, 0.25) is 0 Å². The number of aryl methyl sites for hydroxylation is 1. The topological polar surface area (TPSA) is 98.6 Å². The Morgan fingerprint density at radius 3 is 2.94 bits per heavy atom. The van der Waals surface area contributed by atoms with E-state index in [0.29, 0.717) is 31.4 Å². The first-order valence-corrected chi connectivity index (χ1v) is 10.8. The van der Waals surface area contributed by atoms with Crippen LogP contribution in [0.3, 0.4) is 0 Å². The van der Waals surface area contributed by atoms with Crippen LogP contribution in [0, 0.1) is 11.6 Å². The molecule has 4 rings (SSSR count). The van der Waals surface area contributed by atoms with Gasteiger partial charge in [-0.05, 0) is 51.2 Å². The molecule has 3 aromatic heterocycles. The summed E-state index contributed by atoms with van der Waals surface area (Å²) in [5.41, 5.74) is 7.73. The maximum atomic E-state index is 15.1. The van der Waals surface area contributed by atoms with Crippen LogP contribution in [0.25, 0.3) is 5.65 Å². The number of esters is 1. The lowest BCUT2D eigenvalue weighted by Gasteiger charge is -2.28. The third-order valence-corrected chi connectivity index (χ3v) is 5.62. The molecule has 32 heavy (non-hydrogen) atoms. The average Bonchev–Trinajstić information content (AvgIpc) is 3.39. The van der Waals surface area contributed by atoms with Crippen molar-refractivity contribution >= 4 is 17.4 Å². The van der Waals surface area contributed by atoms with Crippen molar-refractivity contribution in [2.24, 2.45) is 5.73 Å². The summed E-state index contributed by atoms with van der Waals surface area (Å²) in [6, 6.07) is 1.16. The number of nitrogens with zero attached hydrogens (tertiary/aromatic N) is 5. The van der Waals surface area contributed by atoms with E-state index in [2.05, 4.69) is 15.1 Å². The highest BCUT2D eigenvalue weighted by molar-refractivity contribution is 5.95. The largest absolute Gasteiger partial charge is 0.462 e. The van der Waals surface area contributed by atoms with Gasteiger partial charge in [-0.3, -0.25) is 4.98 Å². The maximum absolute atomic E-state index is 15.1. The van der Waals surface area contributed by atoms with Crippen LogP contribution in [-0.4, -0.2) is 44.7 Å². The van der Waals surface area contributed by atoms with Crippen molar-refractivity contribution < 1.29 is 18.3 Å².